The quantitative estimate of drug-likeness (QED) is 0.525. The maximum absolute atomic E-state index is 5.63. The summed E-state index contributed by atoms with van der Waals surface area (Å²) in [6.07, 6.45) is 1.95. The highest BCUT2D eigenvalue weighted by Gasteiger charge is 2.28. The molecule has 0 heterocycles. The van der Waals surface area contributed by atoms with E-state index in [9.17, 15) is 0 Å². The number of hydrogen-bond acceptors (Lipinski definition) is 1. The van der Waals surface area contributed by atoms with Gasteiger partial charge in [0.15, 0.2) is 0 Å². The second kappa shape index (κ2) is 4.39. The van der Waals surface area contributed by atoms with E-state index in [2.05, 4.69) is 37.4 Å². The van der Waals surface area contributed by atoms with Crippen LogP contribution in [0.2, 0.25) is 12.6 Å². The zero-order valence-corrected chi connectivity index (χ0v) is 9.29. The number of hydrogen-bond donors (Lipinski definition) is 0. The Balaban J connectivity index is 2.95. The third-order valence-corrected chi connectivity index (χ3v) is 5.89. The van der Waals surface area contributed by atoms with E-state index in [4.69, 9.17) is 4.43 Å². The summed E-state index contributed by atoms with van der Waals surface area (Å²) in [4.78, 5) is 0. The first-order valence-corrected chi connectivity index (χ1v) is 7.06. The molecule has 1 atom stereocenters. The van der Waals surface area contributed by atoms with Crippen molar-refractivity contribution in [2.75, 3.05) is 7.11 Å². The van der Waals surface area contributed by atoms with Crippen LogP contribution in [0, 0.1) is 0 Å². The Bertz CT molecular complexity index is 271. The second-order valence-electron chi connectivity index (χ2n) is 3.29. The molecule has 1 aromatic rings. The van der Waals surface area contributed by atoms with E-state index in [1.54, 1.807) is 7.11 Å². The van der Waals surface area contributed by atoms with E-state index in [0.717, 1.165) is 6.04 Å². The van der Waals surface area contributed by atoms with Gasteiger partial charge in [0.05, 0.1) is 0 Å². The predicted octanol–water partition coefficient (Wildman–Crippen LogP) is 2.30. The van der Waals surface area contributed by atoms with Gasteiger partial charge in [-0.25, -0.2) is 0 Å². The zero-order chi connectivity index (χ0) is 9.73. The fourth-order valence-corrected chi connectivity index (χ4v) is 3.47. The van der Waals surface area contributed by atoms with Crippen molar-refractivity contribution in [1.82, 2.24) is 0 Å². The molecule has 1 unspecified atom stereocenters. The van der Waals surface area contributed by atoms with E-state index in [-0.39, 0.29) is 0 Å². The summed E-state index contributed by atoms with van der Waals surface area (Å²) in [6, 6.07) is 11.4. The van der Waals surface area contributed by atoms with Crippen LogP contribution in [0.3, 0.4) is 0 Å². The van der Waals surface area contributed by atoms with Crippen molar-refractivity contribution < 1.29 is 4.43 Å². The predicted molar refractivity (Wildman–Crippen MR) is 59.7 cm³/mol. The molecule has 2 heteroatoms. The molecule has 0 saturated carbocycles. The maximum Gasteiger partial charge on any atom is 0.224 e. The van der Waals surface area contributed by atoms with Gasteiger partial charge < -0.3 is 4.43 Å². The van der Waals surface area contributed by atoms with Gasteiger partial charge >= 0.3 is 0 Å². The van der Waals surface area contributed by atoms with E-state index in [0.29, 0.717) is 0 Å². The second-order valence-corrected chi connectivity index (χ2v) is 7.15. The molecule has 70 valence electrons. The Labute approximate surface area is 81.2 Å². The third-order valence-electron chi connectivity index (χ3n) is 2.37. The molecule has 1 nitrogen and oxygen atoms in total. The molecule has 0 saturated heterocycles. The third kappa shape index (κ3) is 2.29. The van der Waals surface area contributed by atoms with Gasteiger partial charge in [0.2, 0.25) is 8.32 Å². The van der Waals surface area contributed by atoms with Crippen LogP contribution in [0.25, 0.3) is 0 Å². The molecule has 1 aromatic carbocycles. The molecule has 0 aliphatic carbocycles. The fourth-order valence-electron chi connectivity index (χ4n) is 1.39. The van der Waals surface area contributed by atoms with Crippen LogP contribution in [-0.2, 0) is 4.43 Å². The Morgan fingerprint density at radius 2 is 2.00 bits per heavy atom. The summed E-state index contributed by atoms with van der Waals surface area (Å²) in [6.45, 7) is 5.99. The Morgan fingerprint density at radius 3 is 2.46 bits per heavy atom. The number of benzene rings is 1. The Morgan fingerprint density at radius 1 is 1.38 bits per heavy atom. The molecule has 0 N–H and O–H groups in total. The van der Waals surface area contributed by atoms with Gasteiger partial charge in [0.25, 0.3) is 0 Å². The minimum atomic E-state index is -1.72. The van der Waals surface area contributed by atoms with Crippen LogP contribution in [0.4, 0.5) is 0 Å². The minimum absolute atomic E-state index is 0.966. The van der Waals surface area contributed by atoms with Crippen LogP contribution in [0.15, 0.2) is 43.0 Å². The minimum Gasteiger partial charge on any atom is -0.415 e. The van der Waals surface area contributed by atoms with Gasteiger partial charge in [-0.15, -0.1) is 6.58 Å². The lowest BCUT2D eigenvalue weighted by Gasteiger charge is -2.24. The van der Waals surface area contributed by atoms with E-state index < -0.39 is 8.32 Å². The van der Waals surface area contributed by atoms with Gasteiger partial charge in [0.1, 0.15) is 0 Å². The monoisotopic (exact) mass is 192 g/mol. The van der Waals surface area contributed by atoms with Gasteiger partial charge in [-0.3, -0.25) is 0 Å². The Hall–Kier alpha value is -0.863. The van der Waals surface area contributed by atoms with Crippen molar-refractivity contribution in [2.45, 2.75) is 12.6 Å². The largest absolute Gasteiger partial charge is 0.415 e. The maximum atomic E-state index is 5.63. The molecular formula is C11H16OSi. The molecule has 0 aromatic heterocycles. The lowest BCUT2D eigenvalue weighted by molar-refractivity contribution is 0.412. The van der Waals surface area contributed by atoms with Crippen LogP contribution < -0.4 is 5.19 Å². The van der Waals surface area contributed by atoms with Crippen molar-refractivity contribution >= 4 is 13.5 Å². The first-order valence-electron chi connectivity index (χ1n) is 4.44. The smallest absolute Gasteiger partial charge is 0.224 e. The standard InChI is InChI=1S/C11H16OSi/c1-4-10-13(3,12-2)11-8-6-5-7-9-11/h4-9H,1,10H2,2-3H3. The van der Waals surface area contributed by atoms with Gasteiger partial charge in [-0.05, 0) is 17.8 Å². The average molecular weight is 192 g/mol. The summed E-state index contributed by atoms with van der Waals surface area (Å²) in [5.74, 6) is 0. The molecule has 0 fully saturated rings. The first-order chi connectivity index (χ1) is 6.23. The molecule has 0 radical (unpaired) electrons. The SMILES string of the molecule is C=CC[Si](C)(OC)c1ccccc1. The normalized spacial score (nSPS) is 14.9. The molecular weight excluding hydrogens is 176 g/mol. The highest BCUT2D eigenvalue weighted by molar-refractivity contribution is 6.85. The van der Waals surface area contributed by atoms with Gasteiger partial charge in [-0.2, -0.15) is 0 Å². The van der Waals surface area contributed by atoms with Crippen molar-refractivity contribution in [3.63, 3.8) is 0 Å². The summed E-state index contributed by atoms with van der Waals surface area (Å²) >= 11 is 0. The van der Waals surface area contributed by atoms with Crippen LogP contribution >= 0.6 is 0 Å². The number of rotatable bonds is 4. The van der Waals surface area contributed by atoms with Crippen LogP contribution in [-0.4, -0.2) is 15.4 Å². The van der Waals surface area contributed by atoms with E-state index >= 15 is 0 Å². The highest BCUT2D eigenvalue weighted by atomic mass is 28.4. The molecule has 0 bridgehead atoms. The highest BCUT2D eigenvalue weighted by Crippen LogP contribution is 2.10. The molecule has 0 aliphatic rings. The Kier molecular flexibility index (Phi) is 3.45. The van der Waals surface area contributed by atoms with Crippen LogP contribution in [0.1, 0.15) is 0 Å². The summed E-state index contributed by atoms with van der Waals surface area (Å²) in [5.41, 5.74) is 0. The lowest BCUT2D eigenvalue weighted by atomic mass is 10.4. The van der Waals surface area contributed by atoms with Gasteiger partial charge in [-0.1, -0.05) is 36.4 Å². The molecule has 0 spiro atoms. The summed E-state index contributed by atoms with van der Waals surface area (Å²) in [7, 11) is 0.0768. The van der Waals surface area contributed by atoms with Crippen molar-refractivity contribution in [3.05, 3.63) is 43.0 Å². The van der Waals surface area contributed by atoms with E-state index in [1.807, 2.05) is 12.1 Å². The molecule has 0 aliphatic heterocycles. The first kappa shape index (κ1) is 10.2. The summed E-state index contributed by atoms with van der Waals surface area (Å²) in [5, 5.41) is 1.33. The number of allylic oxidation sites excluding steroid dienone is 1. The lowest BCUT2D eigenvalue weighted by Crippen LogP contribution is -2.46. The van der Waals surface area contributed by atoms with Gasteiger partial charge in [0, 0.05) is 7.11 Å². The van der Waals surface area contributed by atoms with Crippen LogP contribution in [0.5, 0.6) is 0 Å². The molecule has 0 amide bonds. The van der Waals surface area contributed by atoms with Crippen molar-refractivity contribution in [3.8, 4) is 0 Å². The average Bonchev–Trinajstić information content (AvgIpc) is 2.19. The summed E-state index contributed by atoms with van der Waals surface area (Å²) < 4.78 is 5.63. The topological polar surface area (TPSA) is 9.23 Å². The van der Waals surface area contributed by atoms with Crippen molar-refractivity contribution in [2.24, 2.45) is 0 Å². The molecule has 1 rings (SSSR count). The zero-order valence-electron chi connectivity index (χ0n) is 8.29. The fraction of sp³-hybridized carbons (Fsp3) is 0.273. The van der Waals surface area contributed by atoms with Crippen molar-refractivity contribution in [1.29, 1.82) is 0 Å². The molecule has 13 heavy (non-hydrogen) atoms. The van der Waals surface area contributed by atoms with E-state index in [1.165, 1.54) is 5.19 Å².